The van der Waals surface area contributed by atoms with Crippen molar-refractivity contribution in [3.63, 3.8) is 0 Å². The van der Waals surface area contributed by atoms with Crippen LogP contribution in [0.2, 0.25) is 0 Å². The summed E-state index contributed by atoms with van der Waals surface area (Å²) in [7, 11) is 0. The number of anilines is 1. The number of hydrogen-bond acceptors (Lipinski definition) is 2. The summed E-state index contributed by atoms with van der Waals surface area (Å²) in [6.07, 6.45) is 0. The van der Waals surface area contributed by atoms with Crippen molar-refractivity contribution in [1.82, 2.24) is 0 Å². The Balaban J connectivity index is 2.33. The van der Waals surface area contributed by atoms with Crippen molar-refractivity contribution in [2.75, 3.05) is 5.73 Å². The molecule has 2 nitrogen and oxygen atoms in total. The second-order valence-corrected chi connectivity index (χ2v) is 4.84. The molecular weight excluding hydrogens is 241 g/mol. The van der Waals surface area contributed by atoms with E-state index < -0.39 is 5.82 Å². The molecule has 0 spiro atoms. The molecule has 2 aromatic rings. The third-order valence-corrected chi connectivity index (χ3v) is 3.10. The lowest BCUT2D eigenvalue weighted by molar-refractivity contribution is 0.103. The number of nitrogens with two attached hydrogens (primary N) is 1. The van der Waals surface area contributed by atoms with Gasteiger partial charge in [0.15, 0.2) is 5.78 Å². The molecule has 0 heterocycles. The average Bonchev–Trinajstić information content (AvgIpc) is 2.38. The van der Waals surface area contributed by atoms with Crippen LogP contribution in [0.3, 0.4) is 0 Å². The molecule has 0 saturated heterocycles. The quantitative estimate of drug-likeness (QED) is 0.672. The van der Waals surface area contributed by atoms with E-state index in [1.54, 1.807) is 12.1 Å². The van der Waals surface area contributed by atoms with E-state index >= 15 is 0 Å². The molecule has 2 N–H and O–H groups in total. The molecular formula is C16H16FNO. The van der Waals surface area contributed by atoms with Crippen LogP contribution in [0.5, 0.6) is 0 Å². The fourth-order valence-electron chi connectivity index (χ4n) is 1.92. The van der Waals surface area contributed by atoms with Crippen LogP contribution in [-0.2, 0) is 0 Å². The molecule has 19 heavy (non-hydrogen) atoms. The first-order valence-corrected chi connectivity index (χ1v) is 6.18. The Morgan fingerprint density at radius 2 is 1.74 bits per heavy atom. The highest BCUT2D eigenvalue weighted by Gasteiger charge is 2.13. The molecule has 0 aliphatic rings. The molecule has 2 rings (SSSR count). The van der Waals surface area contributed by atoms with Gasteiger partial charge in [0, 0.05) is 16.8 Å². The number of carbonyl (C=O) groups excluding carboxylic acids is 1. The Morgan fingerprint density at radius 1 is 1.11 bits per heavy atom. The number of rotatable bonds is 3. The Bertz CT molecular complexity index is 603. The van der Waals surface area contributed by atoms with Crippen molar-refractivity contribution in [3.05, 3.63) is 65.0 Å². The molecule has 0 radical (unpaired) electrons. The summed E-state index contributed by atoms with van der Waals surface area (Å²) < 4.78 is 13.0. The van der Waals surface area contributed by atoms with Crippen LogP contribution >= 0.6 is 0 Å². The second kappa shape index (κ2) is 5.22. The van der Waals surface area contributed by atoms with Gasteiger partial charge >= 0.3 is 0 Å². The van der Waals surface area contributed by atoms with Gasteiger partial charge in [0.1, 0.15) is 5.82 Å². The van der Waals surface area contributed by atoms with Gasteiger partial charge < -0.3 is 5.73 Å². The molecule has 3 heteroatoms. The van der Waals surface area contributed by atoms with Crippen molar-refractivity contribution in [3.8, 4) is 0 Å². The topological polar surface area (TPSA) is 43.1 Å². The van der Waals surface area contributed by atoms with E-state index in [9.17, 15) is 9.18 Å². The van der Waals surface area contributed by atoms with E-state index in [0.717, 1.165) is 6.07 Å². The minimum absolute atomic E-state index is 0.165. The van der Waals surface area contributed by atoms with E-state index in [0.29, 0.717) is 17.0 Å². The first-order valence-electron chi connectivity index (χ1n) is 6.18. The SMILES string of the molecule is CC(C)c1ccc(C(=O)c2ccc(F)cc2N)cc1. The summed E-state index contributed by atoms with van der Waals surface area (Å²) in [5, 5.41) is 0. The van der Waals surface area contributed by atoms with E-state index in [4.69, 9.17) is 5.73 Å². The highest BCUT2D eigenvalue weighted by Crippen LogP contribution is 2.20. The summed E-state index contributed by atoms with van der Waals surface area (Å²) in [5.41, 5.74) is 7.90. The van der Waals surface area contributed by atoms with Crippen molar-refractivity contribution < 1.29 is 9.18 Å². The Morgan fingerprint density at radius 3 is 2.26 bits per heavy atom. The van der Waals surface area contributed by atoms with Crippen molar-refractivity contribution in [2.45, 2.75) is 19.8 Å². The largest absolute Gasteiger partial charge is 0.398 e. The standard InChI is InChI=1S/C16H16FNO/c1-10(2)11-3-5-12(6-4-11)16(19)14-8-7-13(17)9-15(14)18/h3-10H,18H2,1-2H3. The van der Waals surface area contributed by atoms with Crippen LogP contribution in [0.1, 0.15) is 41.3 Å². The van der Waals surface area contributed by atoms with Gasteiger partial charge in [-0.3, -0.25) is 4.79 Å². The maximum atomic E-state index is 13.0. The molecule has 0 amide bonds. The molecule has 0 bridgehead atoms. The number of carbonyl (C=O) groups is 1. The smallest absolute Gasteiger partial charge is 0.195 e. The van der Waals surface area contributed by atoms with Gasteiger partial charge in [-0.15, -0.1) is 0 Å². The number of nitrogen functional groups attached to an aromatic ring is 1. The predicted octanol–water partition coefficient (Wildman–Crippen LogP) is 3.76. The molecule has 0 unspecified atom stereocenters. The zero-order chi connectivity index (χ0) is 14.0. The third-order valence-electron chi connectivity index (χ3n) is 3.10. The van der Waals surface area contributed by atoms with Crippen LogP contribution in [0, 0.1) is 5.82 Å². The average molecular weight is 257 g/mol. The van der Waals surface area contributed by atoms with E-state index in [1.165, 1.54) is 17.7 Å². The molecule has 0 aromatic heterocycles. The van der Waals surface area contributed by atoms with Crippen LogP contribution in [0.15, 0.2) is 42.5 Å². The van der Waals surface area contributed by atoms with Gasteiger partial charge in [-0.25, -0.2) is 4.39 Å². The minimum Gasteiger partial charge on any atom is -0.398 e. The monoisotopic (exact) mass is 257 g/mol. The van der Waals surface area contributed by atoms with Gasteiger partial charge in [-0.2, -0.15) is 0 Å². The number of halogens is 1. The first-order chi connectivity index (χ1) is 8.99. The summed E-state index contributed by atoms with van der Waals surface area (Å²) in [4.78, 5) is 12.3. The zero-order valence-electron chi connectivity index (χ0n) is 11.0. The summed E-state index contributed by atoms with van der Waals surface area (Å²) in [5.74, 6) is -0.211. The fourth-order valence-corrected chi connectivity index (χ4v) is 1.92. The fraction of sp³-hybridized carbons (Fsp3) is 0.188. The zero-order valence-corrected chi connectivity index (χ0v) is 11.0. The normalized spacial score (nSPS) is 10.7. The summed E-state index contributed by atoms with van der Waals surface area (Å²) >= 11 is 0. The Kier molecular flexibility index (Phi) is 3.65. The Labute approximate surface area is 112 Å². The molecule has 0 saturated carbocycles. The van der Waals surface area contributed by atoms with E-state index in [2.05, 4.69) is 13.8 Å². The van der Waals surface area contributed by atoms with Crippen LogP contribution in [-0.4, -0.2) is 5.78 Å². The van der Waals surface area contributed by atoms with Gasteiger partial charge in [0.05, 0.1) is 0 Å². The number of hydrogen-bond donors (Lipinski definition) is 1. The molecule has 2 aromatic carbocycles. The van der Waals surface area contributed by atoms with Gasteiger partial charge in [0.25, 0.3) is 0 Å². The molecule has 0 fully saturated rings. The highest BCUT2D eigenvalue weighted by molar-refractivity contribution is 6.12. The summed E-state index contributed by atoms with van der Waals surface area (Å²) in [6.45, 7) is 4.18. The van der Waals surface area contributed by atoms with Gasteiger partial charge in [0.2, 0.25) is 0 Å². The van der Waals surface area contributed by atoms with Crippen molar-refractivity contribution in [2.24, 2.45) is 0 Å². The molecule has 0 aliphatic carbocycles. The van der Waals surface area contributed by atoms with Crippen LogP contribution < -0.4 is 5.73 Å². The van der Waals surface area contributed by atoms with Crippen LogP contribution in [0.25, 0.3) is 0 Å². The van der Waals surface area contributed by atoms with E-state index in [-0.39, 0.29) is 11.5 Å². The molecule has 0 atom stereocenters. The lowest BCUT2D eigenvalue weighted by Crippen LogP contribution is -2.06. The Hall–Kier alpha value is -2.16. The molecule has 0 aliphatic heterocycles. The first kappa shape index (κ1) is 13.3. The molecule has 98 valence electrons. The minimum atomic E-state index is -0.441. The maximum Gasteiger partial charge on any atom is 0.195 e. The second-order valence-electron chi connectivity index (χ2n) is 4.84. The highest BCUT2D eigenvalue weighted by atomic mass is 19.1. The third kappa shape index (κ3) is 2.81. The maximum absolute atomic E-state index is 13.0. The lowest BCUT2D eigenvalue weighted by Gasteiger charge is -2.08. The number of ketones is 1. The lowest BCUT2D eigenvalue weighted by atomic mass is 9.97. The number of benzene rings is 2. The predicted molar refractivity (Wildman–Crippen MR) is 74.8 cm³/mol. The van der Waals surface area contributed by atoms with Gasteiger partial charge in [-0.05, 0) is 29.7 Å². The van der Waals surface area contributed by atoms with Crippen molar-refractivity contribution >= 4 is 11.5 Å². The van der Waals surface area contributed by atoms with E-state index in [1.807, 2.05) is 12.1 Å². The van der Waals surface area contributed by atoms with Crippen LogP contribution in [0.4, 0.5) is 10.1 Å². The van der Waals surface area contributed by atoms with Crippen molar-refractivity contribution in [1.29, 1.82) is 0 Å². The summed E-state index contributed by atoms with van der Waals surface area (Å²) in [6, 6.07) is 11.2. The van der Waals surface area contributed by atoms with Gasteiger partial charge in [-0.1, -0.05) is 38.1 Å².